The lowest BCUT2D eigenvalue weighted by Crippen LogP contribution is -2.08. The first-order valence-corrected chi connectivity index (χ1v) is 7.15. The molecule has 0 fully saturated rings. The third-order valence-electron chi connectivity index (χ3n) is 2.05. The minimum Gasteiger partial charge on any atom is -0.287 e. The Morgan fingerprint density at radius 2 is 1.47 bits per heavy atom. The highest BCUT2D eigenvalue weighted by Crippen LogP contribution is 2.27. The summed E-state index contributed by atoms with van der Waals surface area (Å²) < 4.78 is 61.8. The third-order valence-corrected chi connectivity index (χ3v) is 3.93. The summed E-state index contributed by atoms with van der Waals surface area (Å²) in [5, 5.41) is 3.61. The molecular weight excluding hydrogens is 270 g/mol. The van der Waals surface area contributed by atoms with E-state index in [-0.39, 0.29) is 11.3 Å². The third kappa shape index (κ3) is 2.94. The number of hydrogen-bond donors (Lipinski definition) is 2. The van der Waals surface area contributed by atoms with Crippen LogP contribution in [0.15, 0.2) is 21.9 Å². The minimum absolute atomic E-state index is 0.0857. The molecule has 1 aromatic rings. The van der Waals surface area contributed by atoms with Crippen LogP contribution in [-0.2, 0) is 20.2 Å². The second-order valence-electron chi connectivity index (χ2n) is 3.26. The molecule has 0 aromatic heterocycles. The van der Waals surface area contributed by atoms with Gasteiger partial charge >= 0.3 is 0 Å². The largest absolute Gasteiger partial charge is 0.296 e. The Bertz CT molecular complexity index is 647. The van der Waals surface area contributed by atoms with Gasteiger partial charge in [0, 0.05) is 7.05 Å². The molecule has 0 heterocycles. The predicted molar refractivity (Wildman–Crippen MR) is 58.5 cm³/mol. The van der Waals surface area contributed by atoms with Gasteiger partial charge in [0.2, 0.25) is 0 Å². The fraction of sp³-hybridized carbons (Fsp3) is 0.250. The number of nitrogens with zero attached hydrogens (tertiary/aromatic N) is 1. The molecule has 1 rings (SSSR count). The average molecular weight is 280 g/mol. The maximum Gasteiger partial charge on any atom is 0.296 e. The van der Waals surface area contributed by atoms with E-state index in [2.05, 4.69) is 5.32 Å². The van der Waals surface area contributed by atoms with E-state index in [0.717, 1.165) is 6.07 Å². The highest BCUT2D eigenvalue weighted by molar-refractivity contribution is 7.86. The monoisotopic (exact) mass is 280 g/mol. The van der Waals surface area contributed by atoms with Crippen molar-refractivity contribution in [2.45, 2.75) is 16.7 Å². The number of benzene rings is 1. The fourth-order valence-electron chi connectivity index (χ4n) is 1.31. The van der Waals surface area contributed by atoms with E-state index in [0.29, 0.717) is 6.07 Å². The standard InChI is InChI=1S/C8H10NO6S2/c1-5-3-6(9-2)8(17(13,14)15)4-7(5)16(10,11)12/h3-4H,1-2H3,(H,10,11,12)(H,13,14,15). The number of aryl methyl sites for hydroxylation is 1. The SMILES string of the molecule is C[N]c1cc(C)c(S(=O)(=O)O)cc1S(=O)(=O)O. The lowest BCUT2D eigenvalue weighted by atomic mass is 10.2. The quantitative estimate of drug-likeness (QED) is 0.770. The van der Waals surface area contributed by atoms with Crippen LogP contribution >= 0.6 is 0 Å². The zero-order valence-electron chi connectivity index (χ0n) is 8.95. The zero-order chi connectivity index (χ0) is 13.4. The maximum absolute atomic E-state index is 11.0. The first kappa shape index (κ1) is 13.9. The Morgan fingerprint density at radius 1 is 1.00 bits per heavy atom. The Hall–Kier alpha value is -1.16. The van der Waals surface area contributed by atoms with Gasteiger partial charge in [-0.2, -0.15) is 16.8 Å². The summed E-state index contributed by atoms with van der Waals surface area (Å²) in [5.41, 5.74) is 0.0397. The highest BCUT2D eigenvalue weighted by Gasteiger charge is 2.22. The molecule has 2 N–H and O–H groups in total. The molecule has 0 amide bonds. The van der Waals surface area contributed by atoms with E-state index in [1.807, 2.05) is 0 Å². The second-order valence-corrected chi connectivity index (χ2v) is 6.04. The van der Waals surface area contributed by atoms with E-state index >= 15 is 0 Å². The van der Waals surface area contributed by atoms with Crippen LogP contribution in [0.1, 0.15) is 5.56 Å². The molecule has 0 spiro atoms. The molecule has 0 saturated heterocycles. The van der Waals surface area contributed by atoms with Gasteiger partial charge in [-0.3, -0.25) is 14.4 Å². The van der Waals surface area contributed by atoms with Gasteiger partial charge in [0.15, 0.2) is 0 Å². The van der Waals surface area contributed by atoms with E-state index in [1.54, 1.807) is 0 Å². The fourth-order valence-corrected chi connectivity index (χ4v) is 2.80. The van der Waals surface area contributed by atoms with Crippen LogP contribution in [-0.4, -0.2) is 33.0 Å². The summed E-state index contributed by atoms with van der Waals surface area (Å²) in [4.78, 5) is -1.25. The molecule has 1 aromatic carbocycles. The van der Waals surface area contributed by atoms with Crippen LogP contribution in [0.5, 0.6) is 0 Å². The Labute approximate surface area is 99.0 Å². The number of hydrogen-bond acceptors (Lipinski definition) is 4. The van der Waals surface area contributed by atoms with Crippen LogP contribution in [0, 0.1) is 6.92 Å². The molecular formula is C8H10NO6S2. The van der Waals surface area contributed by atoms with Crippen molar-refractivity contribution < 1.29 is 25.9 Å². The topological polar surface area (TPSA) is 123 Å². The van der Waals surface area contributed by atoms with Crippen LogP contribution in [0.25, 0.3) is 0 Å². The molecule has 95 valence electrons. The number of rotatable bonds is 3. The van der Waals surface area contributed by atoms with Gasteiger partial charge in [0.25, 0.3) is 20.2 Å². The van der Waals surface area contributed by atoms with Crippen molar-refractivity contribution in [3.05, 3.63) is 17.7 Å². The Balaban J connectivity index is 3.73. The molecule has 0 saturated carbocycles. The van der Waals surface area contributed by atoms with Crippen molar-refractivity contribution >= 4 is 25.9 Å². The summed E-state index contributed by atoms with van der Waals surface area (Å²) in [6.45, 7) is 1.37. The molecule has 0 atom stereocenters. The van der Waals surface area contributed by atoms with Crippen molar-refractivity contribution in [3.63, 3.8) is 0 Å². The van der Waals surface area contributed by atoms with Crippen molar-refractivity contribution in [2.75, 3.05) is 7.05 Å². The summed E-state index contributed by atoms with van der Waals surface area (Å²) >= 11 is 0. The molecule has 0 unspecified atom stereocenters. The lowest BCUT2D eigenvalue weighted by molar-refractivity contribution is 0.480. The smallest absolute Gasteiger partial charge is 0.287 e. The first-order chi connectivity index (χ1) is 7.57. The van der Waals surface area contributed by atoms with E-state index in [9.17, 15) is 16.8 Å². The summed E-state index contributed by atoms with van der Waals surface area (Å²) in [6, 6.07) is 1.81. The second kappa shape index (κ2) is 4.26. The van der Waals surface area contributed by atoms with Crippen molar-refractivity contribution in [1.29, 1.82) is 0 Å². The van der Waals surface area contributed by atoms with Crippen molar-refractivity contribution in [2.24, 2.45) is 0 Å². The van der Waals surface area contributed by atoms with Gasteiger partial charge in [-0.25, -0.2) is 0 Å². The van der Waals surface area contributed by atoms with Gasteiger partial charge < -0.3 is 0 Å². The molecule has 0 bridgehead atoms. The highest BCUT2D eigenvalue weighted by atomic mass is 32.2. The minimum atomic E-state index is -4.61. The average Bonchev–Trinajstić information content (AvgIpc) is 2.13. The summed E-state index contributed by atoms with van der Waals surface area (Å²) in [6.07, 6.45) is 0. The van der Waals surface area contributed by atoms with Gasteiger partial charge in [-0.15, -0.1) is 0 Å². The van der Waals surface area contributed by atoms with E-state index in [1.165, 1.54) is 14.0 Å². The van der Waals surface area contributed by atoms with E-state index < -0.39 is 30.0 Å². The summed E-state index contributed by atoms with van der Waals surface area (Å²) in [7, 11) is -7.88. The molecule has 17 heavy (non-hydrogen) atoms. The van der Waals surface area contributed by atoms with Crippen LogP contribution in [0.4, 0.5) is 5.69 Å². The molecule has 1 radical (unpaired) electrons. The molecule has 7 nitrogen and oxygen atoms in total. The van der Waals surface area contributed by atoms with Crippen molar-refractivity contribution in [3.8, 4) is 0 Å². The normalized spacial score (nSPS) is 12.5. The molecule has 9 heteroatoms. The predicted octanol–water partition coefficient (Wildman–Crippen LogP) is 0.354. The first-order valence-electron chi connectivity index (χ1n) is 4.27. The summed E-state index contributed by atoms with van der Waals surface area (Å²) in [5.74, 6) is 0. The maximum atomic E-state index is 11.0. The molecule has 0 aliphatic rings. The van der Waals surface area contributed by atoms with Gasteiger partial charge in [-0.1, -0.05) is 0 Å². The van der Waals surface area contributed by atoms with Gasteiger partial charge in [0.1, 0.15) is 4.90 Å². The van der Waals surface area contributed by atoms with Crippen molar-refractivity contribution in [1.82, 2.24) is 5.32 Å². The van der Waals surface area contributed by atoms with Crippen LogP contribution in [0.2, 0.25) is 0 Å². The zero-order valence-corrected chi connectivity index (χ0v) is 10.6. The van der Waals surface area contributed by atoms with Crippen LogP contribution in [0.3, 0.4) is 0 Å². The molecule has 0 aliphatic carbocycles. The lowest BCUT2D eigenvalue weighted by Gasteiger charge is -2.09. The molecule has 0 aliphatic heterocycles. The van der Waals surface area contributed by atoms with Crippen LogP contribution < -0.4 is 5.32 Å². The van der Waals surface area contributed by atoms with E-state index in [4.69, 9.17) is 9.11 Å². The van der Waals surface area contributed by atoms with Gasteiger partial charge in [-0.05, 0) is 24.6 Å². The Morgan fingerprint density at radius 3 is 1.82 bits per heavy atom. The van der Waals surface area contributed by atoms with Gasteiger partial charge in [0.05, 0.1) is 10.6 Å². The Kier molecular flexibility index (Phi) is 3.48.